The van der Waals surface area contributed by atoms with Gasteiger partial charge in [-0.1, -0.05) is 12.1 Å². The topological polar surface area (TPSA) is 41.8 Å². The summed E-state index contributed by atoms with van der Waals surface area (Å²) >= 11 is 0. The van der Waals surface area contributed by atoms with Gasteiger partial charge in [0, 0.05) is 29.1 Å². The lowest BCUT2D eigenvalue weighted by Crippen LogP contribution is -2.17. The van der Waals surface area contributed by atoms with Crippen LogP contribution in [0.25, 0.3) is 10.9 Å². The first kappa shape index (κ1) is 9.91. The summed E-state index contributed by atoms with van der Waals surface area (Å²) in [6.45, 7) is 2.90. The molecule has 0 bridgehead atoms. The van der Waals surface area contributed by atoms with Gasteiger partial charge in [0.1, 0.15) is 0 Å². The van der Waals surface area contributed by atoms with Crippen LogP contribution in [0.5, 0.6) is 0 Å². The summed E-state index contributed by atoms with van der Waals surface area (Å²) in [4.78, 5) is 3.58. The van der Waals surface area contributed by atoms with Crippen LogP contribution in [0.2, 0.25) is 0 Å². The number of hydrogen-bond acceptors (Lipinski definition) is 1. The van der Waals surface area contributed by atoms with Crippen LogP contribution in [0.1, 0.15) is 35.6 Å². The molecule has 84 valence electrons. The van der Waals surface area contributed by atoms with Crippen LogP contribution in [-0.2, 0) is 6.42 Å². The van der Waals surface area contributed by atoms with Gasteiger partial charge in [0.2, 0.25) is 0 Å². The van der Waals surface area contributed by atoms with Gasteiger partial charge >= 0.3 is 0 Å². The third kappa shape index (κ3) is 1.37. The van der Waals surface area contributed by atoms with Gasteiger partial charge in [-0.25, -0.2) is 0 Å². The van der Waals surface area contributed by atoms with Gasteiger partial charge < -0.3 is 10.7 Å². The fourth-order valence-electron chi connectivity index (χ4n) is 2.91. The summed E-state index contributed by atoms with van der Waals surface area (Å²) in [5, 5.41) is 1.40. The second-order valence-corrected chi connectivity index (χ2v) is 4.89. The highest BCUT2D eigenvalue weighted by Crippen LogP contribution is 2.35. The van der Waals surface area contributed by atoms with Crippen LogP contribution >= 0.6 is 0 Å². The number of H-pyrrole nitrogens is 1. The molecule has 0 spiro atoms. The van der Waals surface area contributed by atoms with Crippen molar-refractivity contribution in [3.05, 3.63) is 35.0 Å². The zero-order valence-corrected chi connectivity index (χ0v) is 9.72. The van der Waals surface area contributed by atoms with E-state index in [9.17, 15) is 0 Å². The minimum Gasteiger partial charge on any atom is -0.358 e. The molecular weight excluding hydrogens is 196 g/mol. The number of benzene rings is 1. The number of rotatable bonds is 1. The van der Waals surface area contributed by atoms with Crippen LogP contribution in [0.4, 0.5) is 0 Å². The van der Waals surface area contributed by atoms with E-state index >= 15 is 0 Å². The Labute approximate surface area is 95.8 Å². The Morgan fingerprint density at radius 1 is 1.44 bits per heavy atom. The van der Waals surface area contributed by atoms with Gasteiger partial charge in [-0.3, -0.25) is 0 Å². The molecule has 0 radical (unpaired) electrons. The molecule has 3 N–H and O–H groups in total. The van der Waals surface area contributed by atoms with Crippen LogP contribution in [0.3, 0.4) is 0 Å². The van der Waals surface area contributed by atoms with Gasteiger partial charge in [-0.2, -0.15) is 0 Å². The van der Waals surface area contributed by atoms with Gasteiger partial charge in [-0.05, 0) is 43.4 Å². The molecular formula is C14H18N2. The molecule has 0 fully saturated rings. The number of aromatic amines is 1. The Morgan fingerprint density at radius 2 is 2.31 bits per heavy atom. The average Bonchev–Trinajstić information content (AvgIpc) is 2.65. The molecule has 2 heteroatoms. The number of nitrogens with two attached hydrogens (primary N) is 1. The molecule has 16 heavy (non-hydrogen) atoms. The number of aryl methyl sites for hydroxylation is 2. The smallest absolute Gasteiger partial charge is 0.0461 e. The SMILES string of the molecule is Cc1ccc2c3c([nH]c2c1)C(CN)CCC3. The standard InChI is InChI=1S/C14H18N2/c1-9-5-6-11-12-4-2-3-10(8-15)14(12)16-13(11)7-9/h5-7,10,16H,2-4,8,15H2,1H3. The van der Waals surface area contributed by atoms with Crippen LogP contribution in [0.15, 0.2) is 18.2 Å². The summed E-state index contributed by atoms with van der Waals surface area (Å²) in [7, 11) is 0. The Hall–Kier alpha value is -1.28. The Balaban J connectivity index is 2.24. The number of aromatic nitrogens is 1. The van der Waals surface area contributed by atoms with E-state index in [2.05, 4.69) is 30.1 Å². The molecule has 1 aliphatic carbocycles. The minimum absolute atomic E-state index is 0.538. The summed E-state index contributed by atoms with van der Waals surface area (Å²) in [6, 6.07) is 6.68. The lowest BCUT2D eigenvalue weighted by molar-refractivity contribution is 0.553. The summed E-state index contributed by atoms with van der Waals surface area (Å²) in [5.74, 6) is 0.538. The van der Waals surface area contributed by atoms with E-state index < -0.39 is 0 Å². The predicted molar refractivity (Wildman–Crippen MR) is 67.8 cm³/mol. The molecule has 1 aromatic carbocycles. The lowest BCUT2D eigenvalue weighted by atomic mass is 9.87. The zero-order chi connectivity index (χ0) is 11.1. The highest BCUT2D eigenvalue weighted by molar-refractivity contribution is 5.85. The summed E-state index contributed by atoms with van der Waals surface area (Å²) < 4.78 is 0. The van der Waals surface area contributed by atoms with Crippen molar-refractivity contribution in [2.75, 3.05) is 6.54 Å². The number of hydrogen-bond donors (Lipinski definition) is 2. The minimum atomic E-state index is 0.538. The van der Waals surface area contributed by atoms with Crippen molar-refractivity contribution in [3.8, 4) is 0 Å². The fraction of sp³-hybridized carbons (Fsp3) is 0.429. The van der Waals surface area contributed by atoms with Crippen molar-refractivity contribution >= 4 is 10.9 Å². The largest absolute Gasteiger partial charge is 0.358 e. The molecule has 0 aliphatic heterocycles. The van der Waals surface area contributed by atoms with E-state index in [1.54, 1.807) is 0 Å². The molecule has 1 aliphatic rings. The van der Waals surface area contributed by atoms with Gasteiger partial charge in [-0.15, -0.1) is 0 Å². The highest BCUT2D eigenvalue weighted by atomic mass is 14.8. The van der Waals surface area contributed by atoms with E-state index in [-0.39, 0.29) is 0 Å². The Kier molecular flexibility index (Phi) is 2.25. The first-order valence-corrected chi connectivity index (χ1v) is 6.11. The summed E-state index contributed by atoms with van der Waals surface area (Å²) in [6.07, 6.45) is 3.71. The first-order valence-electron chi connectivity index (χ1n) is 6.11. The van der Waals surface area contributed by atoms with E-state index in [0.29, 0.717) is 5.92 Å². The van der Waals surface area contributed by atoms with Crippen molar-refractivity contribution in [2.45, 2.75) is 32.1 Å². The second-order valence-electron chi connectivity index (χ2n) is 4.89. The average molecular weight is 214 g/mol. The maximum absolute atomic E-state index is 5.85. The maximum atomic E-state index is 5.85. The Bertz CT molecular complexity index is 525. The third-order valence-corrected chi connectivity index (χ3v) is 3.77. The lowest BCUT2D eigenvalue weighted by Gasteiger charge is -2.20. The van der Waals surface area contributed by atoms with Gasteiger partial charge in [0.05, 0.1) is 0 Å². The van der Waals surface area contributed by atoms with Crippen molar-refractivity contribution in [1.29, 1.82) is 0 Å². The molecule has 1 heterocycles. The molecule has 2 nitrogen and oxygen atoms in total. The molecule has 1 unspecified atom stereocenters. The van der Waals surface area contributed by atoms with Crippen molar-refractivity contribution in [2.24, 2.45) is 5.73 Å². The first-order chi connectivity index (χ1) is 7.79. The second kappa shape index (κ2) is 3.63. The normalized spacial score (nSPS) is 20.0. The molecule has 0 saturated heterocycles. The predicted octanol–water partition coefficient (Wildman–Crippen LogP) is 2.85. The molecule has 3 rings (SSSR count). The van der Waals surface area contributed by atoms with E-state index in [1.807, 2.05) is 0 Å². The molecule has 1 atom stereocenters. The van der Waals surface area contributed by atoms with E-state index in [0.717, 1.165) is 6.54 Å². The Morgan fingerprint density at radius 3 is 3.12 bits per heavy atom. The van der Waals surface area contributed by atoms with Gasteiger partial charge in [0.15, 0.2) is 0 Å². The summed E-state index contributed by atoms with van der Waals surface area (Å²) in [5.41, 5.74) is 11.4. The number of fused-ring (bicyclic) bond motifs is 3. The molecule has 0 saturated carbocycles. The fourth-order valence-corrected chi connectivity index (χ4v) is 2.91. The maximum Gasteiger partial charge on any atom is 0.0461 e. The molecule has 1 aromatic heterocycles. The quantitative estimate of drug-likeness (QED) is 0.753. The number of nitrogens with one attached hydrogen (secondary N) is 1. The molecule has 0 amide bonds. The zero-order valence-electron chi connectivity index (χ0n) is 9.72. The van der Waals surface area contributed by atoms with Crippen LogP contribution < -0.4 is 5.73 Å². The van der Waals surface area contributed by atoms with Crippen molar-refractivity contribution in [3.63, 3.8) is 0 Å². The van der Waals surface area contributed by atoms with Crippen molar-refractivity contribution < 1.29 is 0 Å². The molecule has 2 aromatic rings. The van der Waals surface area contributed by atoms with Crippen LogP contribution in [-0.4, -0.2) is 11.5 Å². The van der Waals surface area contributed by atoms with E-state index in [4.69, 9.17) is 5.73 Å². The van der Waals surface area contributed by atoms with E-state index in [1.165, 1.54) is 47.0 Å². The van der Waals surface area contributed by atoms with Gasteiger partial charge in [0.25, 0.3) is 0 Å². The van der Waals surface area contributed by atoms with Crippen LogP contribution in [0, 0.1) is 6.92 Å². The third-order valence-electron chi connectivity index (χ3n) is 3.77. The highest BCUT2D eigenvalue weighted by Gasteiger charge is 2.22. The monoisotopic (exact) mass is 214 g/mol. The van der Waals surface area contributed by atoms with Crippen molar-refractivity contribution in [1.82, 2.24) is 4.98 Å².